The maximum absolute atomic E-state index is 12.8. The van der Waals surface area contributed by atoms with Gasteiger partial charge in [0.25, 0.3) is 5.91 Å². The second kappa shape index (κ2) is 6.16. The fourth-order valence-corrected chi connectivity index (χ4v) is 2.58. The molecule has 4 nitrogen and oxygen atoms in total. The number of amides is 1. The number of anilines is 2. The molecule has 1 aliphatic rings. The van der Waals surface area contributed by atoms with Crippen LogP contribution in [-0.2, 0) is 4.79 Å². The molecule has 118 valence electrons. The number of nitrogen functional groups attached to an aromatic ring is 1. The number of carbonyl (C=O) groups is 1. The summed E-state index contributed by atoms with van der Waals surface area (Å²) in [5.41, 5.74) is 8.16. The summed E-state index contributed by atoms with van der Waals surface area (Å²) in [5, 5.41) is 0. The van der Waals surface area contributed by atoms with Gasteiger partial charge < -0.3 is 15.4 Å². The Labute approximate surface area is 136 Å². The smallest absolute Gasteiger partial charge is 0.294 e. The number of benzene rings is 2. The van der Waals surface area contributed by atoms with Gasteiger partial charge in [-0.05, 0) is 29.7 Å². The molecule has 0 fully saturated rings. The van der Waals surface area contributed by atoms with E-state index in [2.05, 4.69) is 13.8 Å². The summed E-state index contributed by atoms with van der Waals surface area (Å²) in [6, 6.07) is 15.0. The van der Waals surface area contributed by atoms with Crippen LogP contribution in [0.25, 0.3) is 6.08 Å². The van der Waals surface area contributed by atoms with Crippen molar-refractivity contribution in [2.45, 2.75) is 13.8 Å². The van der Waals surface area contributed by atoms with Crippen molar-refractivity contribution in [1.29, 1.82) is 0 Å². The highest BCUT2D eigenvalue weighted by Crippen LogP contribution is 2.37. The number of ether oxygens (including phenoxy) is 1. The fraction of sp³-hybridized carbons (Fsp3) is 0.211. The summed E-state index contributed by atoms with van der Waals surface area (Å²) in [4.78, 5) is 14.6. The molecule has 1 heterocycles. The topological polar surface area (TPSA) is 55.6 Å². The number of nitrogens with zero attached hydrogens (tertiary/aromatic N) is 1. The summed E-state index contributed by atoms with van der Waals surface area (Å²) in [6.45, 7) is 4.80. The van der Waals surface area contributed by atoms with Gasteiger partial charge in [0.1, 0.15) is 0 Å². The van der Waals surface area contributed by atoms with E-state index < -0.39 is 0 Å². The predicted molar refractivity (Wildman–Crippen MR) is 93.1 cm³/mol. The molecule has 0 aliphatic carbocycles. The first-order valence-electron chi connectivity index (χ1n) is 7.70. The van der Waals surface area contributed by atoms with Gasteiger partial charge in [0, 0.05) is 18.3 Å². The number of hydrogen-bond donors (Lipinski definition) is 1. The largest absolute Gasteiger partial charge is 0.449 e. The molecule has 23 heavy (non-hydrogen) atoms. The van der Waals surface area contributed by atoms with Crippen molar-refractivity contribution in [2.24, 2.45) is 5.92 Å². The number of carbonyl (C=O) groups excluding carboxylic acids is 1. The fourth-order valence-electron chi connectivity index (χ4n) is 2.58. The van der Waals surface area contributed by atoms with E-state index in [0.717, 1.165) is 11.3 Å². The molecule has 3 rings (SSSR count). The summed E-state index contributed by atoms with van der Waals surface area (Å²) in [5.74, 6) is 1.16. The van der Waals surface area contributed by atoms with Crippen LogP contribution in [0.4, 0.5) is 11.4 Å². The lowest BCUT2D eigenvalue weighted by Crippen LogP contribution is -2.39. The Bertz CT molecular complexity index is 751. The zero-order valence-corrected chi connectivity index (χ0v) is 13.3. The lowest BCUT2D eigenvalue weighted by molar-refractivity contribution is -0.117. The van der Waals surface area contributed by atoms with Crippen LogP contribution in [0, 0.1) is 5.92 Å². The van der Waals surface area contributed by atoms with Gasteiger partial charge in [-0.1, -0.05) is 44.2 Å². The van der Waals surface area contributed by atoms with E-state index in [9.17, 15) is 4.79 Å². The molecule has 4 heteroatoms. The van der Waals surface area contributed by atoms with Crippen LogP contribution < -0.4 is 15.4 Å². The third-order valence-corrected chi connectivity index (χ3v) is 3.60. The Kier molecular flexibility index (Phi) is 4.06. The Hall–Kier alpha value is -2.75. The van der Waals surface area contributed by atoms with Crippen molar-refractivity contribution in [2.75, 3.05) is 17.2 Å². The number of nitrogens with two attached hydrogens (primary N) is 1. The molecule has 2 aromatic rings. The Morgan fingerprint density at radius 3 is 2.61 bits per heavy atom. The van der Waals surface area contributed by atoms with Crippen molar-refractivity contribution in [3.8, 4) is 5.75 Å². The first-order chi connectivity index (χ1) is 11.0. The monoisotopic (exact) mass is 308 g/mol. The van der Waals surface area contributed by atoms with Crippen LogP contribution in [0.2, 0.25) is 0 Å². The van der Waals surface area contributed by atoms with E-state index in [1.54, 1.807) is 23.1 Å². The molecule has 2 N–H and O–H groups in total. The molecule has 0 aromatic heterocycles. The maximum Gasteiger partial charge on any atom is 0.294 e. The molecule has 1 amide bonds. The van der Waals surface area contributed by atoms with Crippen LogP contribution in [-0.4, -0.2) is 12.5 Å². The number of fused-ring (bicyclic) bond motifs is 1. The van der Waals surface area contributed by atoms with E-state index in [-0.39, 0.29) is 5.91 Å². The first-order valence-corrected chi connectivity index (χ1v) is 7.70. The van der Waals surface area contributed by atoms with Crippen molar-refractivity contribution in [3.05, 3.63) is 59.9 Å². The minimum atomic E-state index is -0.125. The molecule has 0 bridgehead atoms. The van der Waals surface area contributed by atoms with Crippen LogP contribution >= 0.6 is 0 Å². The minimum Gasteiger partial charge on any atom is -0.449 e. The van der Waals surface area contributed by atoms with Gasteiger partial charge in [0.2, 0.25) is 0 Å². The molecule has 0 atom stereocenters. The van der Waals surface area contributed by atoms with Crippen LogP contribution in [0.3, 0.4) is 0 Å². The molecule has 0 saturated heterocycles. The molecule has 0 radical (unpaired) electrons. The SMILES string of the molecule is CC(C)CN1C(=O)/C(=C\c2ccccc2)Oc2cc(N)ccc21. The minimum absolute atomic E-state index is 0.125. The molecule has 2 aromatic carbocycles. The van der Waals surface area contributed by atoms with Gasteiger partial charge in [0.05, 0.1) is 5.69 Å². The van der Waals surface area contributed by atoms with E-state index in [4.69, 9.17) is 10.5 Å². The highest BCUT2D eigenvalue weighted by Gasteiger charge is 2.30. The molecular formula is C19H20N2O2. The lowest BCUT2D eigenvalue weighted by atomic mass is 10.1. The van der Waals surface area contributed by atoms with Crippen molar-refractivity contribution < 1.29 is 9.53 Å². The van der Waals surface area contributed by atoms with Crippen molar-refractivity contribution in [1.82, 2.24) is 0 Å². The van der Waals surface area contributed by atoms with Crippen molar-refractivity contribution >= 4 is 23.4 Å². The maximum atomic E-state index is 12.8. The summed E-state index contributed by atoms with van der Waals surface area (Å²) in [7, 11) is 0. The standard InChI is InChI=1S/C19H20N2O2/c1-13(2)12-21-16-9-8-15(20)11-17(16)23-18(19(21)22)10-14-6-4-3-5-7-14/h3-11,13H,12,20H2,1-2H3/b18-10+. The van der Waals surface area contributed by atoms with E-state index >= 15 is 0 Å². The average molecular weight is 308 g/mol. The van der Waals surface area contributed by atoms with Gasteiger partial charge in [-0.25, -0.2) is 0 Å². The Morgan fingerprint density at radius 1 is 1.17 bits per heavy atom. The highest BCUT2D eigenvalue weighted by atomic mass is 16.5. The number of hydrogen-bond acceptors (Lipinski definition) is 3. The quantitative estimate of drug-likeness (QED) is 0.695. The Balaban J connectivity index is 2.04. The molecule has 0 saturated carbocycles. The first kappa shape index (κ1) is 15.2. The molecular weight excluding hydrogens is 288 g/mol. The normalized spacial score (nSPS) is 15.7. The zero-order valence-electron chi connectivity index (χ0n) is 13.3. The van der Waals surface area contributed by atoms with Crippen LogP contribution in [0.15, 0.2) is 54.3 Å². The van der Waals surface area contributed by atoms with Crippen molar-refractivity contribution in [3.63, 3.8) is 0 Å². The zero-order chi connectivity index (χ0) is 16.4. The second-order valence-corrected chi connectivity index (χ2v) is 6.06. The molecule has 0 spiro atoms. The highest BCUT2D eigenvalue weighted by molar-refractivity contribution is 6.10. The lowest BCUT2D eigenvalue weighted by Gasteiger charge is -2.31. The summed E-state index contributed by atoms with van der Waals surface area (Å²) >= 11 is 0. The third kappa shape index (κ3) is 3.21. The summed E-state index contributed by atoms with van der Waals surface area (Å²) in [6.07, 6.45) is 1.77. The van der Waals surface area contributed by atoms with Gasteiger partial charge in [-0.15, -0.1) is 0 Å². The van der Waals surface area contributed by atoms with E-state index in [1.165, 1.54) is 0 Å². The van der Waals surface area contributed by atoms with Gasteiger partial charge in [-0.3, -0.25) is 4.79 Å². The van der Waals surface area contributed by atoms with E-state index in [1.807, 2.05) is 36.4 Å². The molecule has 0 unspecified atom stereocenters. The van der Waals surface area contributed by atoms with Crippen LogP contribution in [0.5, 0.6) is 5.75 Å². The molecule has 1 aliphatic heterocycles. The predicted octanol–water partition coefficient (Wildman–Crippen LogP) is 3.69. The average Bonchev–Trinajstić information content (AvgIpc) is 2.52. The van der Waals surface area contributed by atoms with Gasteiger partial charge >= 0.3 is 0 Å². The Morgan fingerprint density at radius 2 is 1.91 bits per heavy atom. The van der Waals surface area contributed by atoms with Gasteiger partial charge in [-0.2, -0.15) is 0 Å². The summed E-state index contributed by atoms with van der Waals surface area (Å²) < 4.78 is 5.83. The van der Waals surface area contributed by atoms with E-state index in [0.29, 0.717) is 29.7 Å². The third-order valence-electron chi connectivity index (χ3n) is 3.60. The number of rotatable bonds is 3. The van der Waals surface area contributed by atoms with Crippen LogP contribution in [0.1, 0.15) is 19.4 Å². The second-order valence-electron chi connectivity index (χ2n) is 6.06. The van der Waals surface area contributed by atoms with Gasteiger partial charge in [0.15, 0.2) is 11.5 Å².